The van der Waals surface area contributed by atoms with Crippen molar-refractivity contribution in [1.82, 2.24) is 0 Å². The van der Waals surface area contributed by atoms with E-state index in [1.54, 1.807) is 0 Å². The summed E-state index contributed by atoms with van der Waals surface area (Å²) in [5.41, 5.74) is 0.191. The number of hydrogen-bond acceptors (Lipinski definition) is 4. The van der Waals surface area contributed by atoms with E-state index in [2.05, 4.69) is 11.7 Å². The van der Waals surface area contributed by atoms with E-state index in [1.807, 2.05) is 24.3 Å². The molecular weight excluding hydrogens is 268 g/mol. The first-order valence-corrected chi connectivity index (χ1v) is 7.52. The SMILES string of the molecule is COC(=O)Cc1ccc(OCC2(O)CCC(C)CC2)cc1. The standard InChI is InChI=1S/C17H24O4/c1-13-7-9-17(19,10-8-13)12-21-15-5-3-14(4-6-15)11-16(18)20-2/h3-6,13,19H,7-12H2,1-2H3. The molecule has 1 aromatic carbocycles. The first-order valence-electron chi connectivity index (χ1n) is 7.52. The van der Waals surface area contributed by atoms with Gasteiger partial charge in [-0.15, -0.1) is 0 Å². The van der Waals surface area contributed by atoms with Crippen LogP contribution in [0, 0.1) is 5.92 Å². The second-order valence-electron chi connectivity index (χ2n) is 6.09. The number of hydrogen-bond donors (Lipinski definition) is 1. The Bertz CT molecular complexity index is 458. The van der Waals surface area contributed by atoms with E-state index in [-0.39, 0.29) is 12.4 Å². The average Bonchev–Trinajstić information content (AvgIpc) is 2.50. The van der Waals surface area contributed by atoms with Crippen LogP contribution in [0.2, 0.25) is 0 Å². The van der Waals surface area contributed by atoms with Crippen molar-refractivity contribution in [2.45, 2.75) is 44.6 Å². The Morgan fingerprint density at radius 1 is 1.29 bits per heavy atom. The second kappa shape index (κ2) is 6.94. The third-order valence-electron chi connectivity index (χ3n) is 4.21. The molecule has 0 bridgehead atoms. The molecule has 4 nitrogen and oxygen atoms in total. The molecule has 0 saturated heterocycles. The van der Waals surface area contributed by atoms with Crippen molar-refractivity contribution in [2.75, 3.05) is 13.7 Å². The Kier molecular flexibility index (Phi) is 5.23. The number of methoxy groups -OCH3 is 1. The maximum atomic E-state index is 11.2. The van der Waals surface area contributed by atoms with E-state index in [0.717, 1.165) is 37.0 Å². The second-order valence-corrected chi connectivity index (χ2v) is 6.09. The van der Waals surface area contributed by atoms with Crippen molar-refractivity contribution in [3.63, 3.8) is 0 Å². The van der Waals surface area contributed by atoms with E-state index in [9.17, 15) is 9.90 Å². The quantitative estimate of drug-likeness (QED) is 0.848. The van der Waals surface area contributed by atoms with Crippen molar-refractivity contribution < 1.29 is 19.4 Å². The molecule has 2 rings (SSSR count). The van der Waals surface area contributed by atoms with Crippen LogP contribution in [0.3, 0.4) is 0 Å². The summed E-state index contributed by atoms with van der Waals surface area (Å²) in [5.74, 6) is 1.16. The van der Waals surface area contributed by atoms with Gasteiger partial charge in [0, 0.05) is 0 Å². The van der Waals surface area contributed by atoms with Crippen LogP contribution in [-0.2, 0) is 16.0 Å². The van der Waals surface area contributed by atoms with Gasteiger partial charge in [-0.2, -0.15) is 0 Å². The highest BCUT2D eigenvalue weighted by atomic mass is 16.5. The number of benzene rings is 1. The van der Waals surface area contributed by atoms with Crippen LogP contribution >= 0.6 is 0 Å². The minimum atomic E-state index is -0.697. The highest BCUT2D eigenvalue weighted by molar-refractivity contribution is 5.72. The summed E-state index contributed by atoms with van der Waals surface area (Å²) in [4.78, 5) is 11.2. The monoisotopic (exact) mass is 292 g/mol. The lowest BCUT2D eigenvalue weighted by molar-refractivity contribution is -0.139. The lowest BCUT2D eigenvalue weighted by Gasteiger charge is -2.34. The van der Waals surface area contributed by atoms with Crippen molar-refractivity contribution in [3.8, 4) is 5.75 Å². The summed E-state index contributed by atoms with van der Waals surface area (Å²) in [5, 5.41) is 10.5. The van der Waals surface area contributed by atoms with Crippen molar-refractivity contribution in [2.24, 2.45) is 5.92 Å². The normalized spacial score (nSPS) is 25.4. The Hall–Kier alpha value is -1.55. The largest absolute Gasteiger partial charge is 0.491 e. The van der Waals surface area contributed by atoms with Gasteiger partial charge in [0.15, 0.2) is 0 Å². The minimum absolute atomic E-state index is 0.255. The molecule has 116 valence electrons. The van der Waals surface area contributed by atoms with Crippen molar-refractivity contribution >= 4 is 5.97 Å². The Morgan fingerprint density at radius 2 is 1.90 bits per heavy atom. The Balaban J connectivity index is 1.84. The highest BCUT2D eigenvalue weighted by Gasteiger charge is 2.32. The van der Waals surface area contributed by atoms with E-state index in [4.69, 9.17) is 4.74 Å². The number of aliphatic hydroxyl groups is 1. The van der Waals surface area contributed by atoms with Gasteiger partial charge in [0.2, 0.25) is 0 Å². The van der Waals surface area contributed by atoms with Gasteiger partial charge in [-0.3, -0.25) is 4.79 Å². The molecule has 0 amide bonds. The van der Waals surface area contributed by atoms with Gasteiger partial charge in [-0.25, -0.2) is 0 Å². The van der Waals surface area contributed by atoms with E-state index >= 15 is 0 Å². The third kappa shape index (κ3) is 4.74. The first-order chi connectivity index (χ1) is 10.0. The number of rotatable bonds is 5. The molecule has 0 spiro atoms. The molecule has 1 saturated carbocycles. The predicted molar refractivity (Wildman–Crippen MR) is 80.2 cm³/mol. The number of ether oxygens (including phenoxy) is 2. The van der Waals surface area contributed by atoms with Crippen LogP contribution in [-0.4, -0.2) is 30.4 Å². The van der Waals surface area contributed by atoms with Gasteiger partial charge < -0.3 is 14.6 Å². The Labute approximate surface area is 126 Å². The van der Waals surface area contributed by atoms with E-state index < -0.39 is 5.60 Å². The lowest BCUT2D eigenvalue weighted by Crippen LogP contribution is -2.39. The minimum Gasteiger partial charge on any atom is -0.491 e. The van der Waals surface area contributed by atoms with Crippen LogP contribution in [0.1, 0.15) is 38.2 Å². The molecule has 0 aliphatic heterocycles. The predicted octanol–water partition coefficient (Wildman–Crippen LogP) is 2.72. The van der Waals surface area contributed by atoms with Crippen LogP contribution in [0.4, 0.5) is 0 Å². The molecule has 21 heavy (non-hydrogen) atoms. The lowest BCUT2D eigenvalue weighted by atomic mass is 9.80. The summed E-state index contributed by atoms with van der Waals surface area (Å²) in [7, 11) is 1.38. The summed E-state index contributed by atoms with van der Waals surface area (Å²) < 4.78 is 10.3. The topological polar surface area (TPSA) is 55.8 Å². The molecule has 1 fully saturated rings. The Morgan fingerprint density at radius 3 is 2.48 bits per heavy atom. The van der Waals surface area contributed by atoms with Gasteiger partial charge in [0.1, 0.15) is 12.4 Å². The van der Waals surface area contributed by atoms with Gasteiger partial charge in [-0.05, 0) is 49.3 Å². The molecule has 1 aromatic rings. The molecule has 4 heteroatoms. The molecular formula is C17H24O4. The highest BCUT2D eigenvalue weighted by Crippen LogP contribution is 2.32. The van der Waals surface area contributed by atoms with Gasteiger partial charge in [0.05, 0.1) is 19.1 Å². The fourth-order valence-corrected chi connectivity index (χ4v) is 2.60. The molecule has 0 aromatic heterocycles. The molecule has 1 aliphatic rings. The van der Waals surface area contributed by atoms with Gasteiger partial charge in [-0.1, -0.05) is 19.1 Å². The molecule has 1 N–H and O–H groups in total. The van der Waals surface area contributed by atoms with Crippen LogP contribution < -0.4 is 4.74 Å². The van der Waals surface area contributed by atoms with Crippen molar-refractivity contribution in [3.05, 3.63) is 29.8 Å². The van der Waals surface area contributed by atoms with Crippen LogP contribution in [0.25, 0.3) is 0 Å². The molecule has 0 heterocycles. The van der Waals surface area contributed by atoms with E-state index in [0.29, 0.717) is 12.5 Å². The van der Waals surface area contributed by atoms with Crippen LogP contribution in [0.15, 0.2) is 24.3 Å². The first kappa shape index (κ1) is 15.8. The molecule has 0 atom stereocenters. The average molecular weight is 292 g/mol. The van der Waals surface area contributed by atoms with Crippen LogP contribution in [0.5, 0.6) is 5.75 Å². The summed E-state index contributed by atoms with van der Waals surface area (Å²) in [6.07, 6.45) is 3.97. The zero-order valence-corrected chi connectivity index (χ0v) is 12.8. The van der Waals surface area contributed by atoms with Crippen molar-refractivity contribution in [1.29, 1.82) is 0 Å². The fourth-order valence-electron chi connectivity index (χ4n) is 2.60. The third-order valence-corrected chi connectivity index (χ3v) is 4.21. The maximum absolute atomic E-state index is 11.2. The zero-order valence-electron chi connectivity index (χ0n) is 12.8. The van der Waals surface area contributed by atoms with Gasteiger partial charge >= 0.3 is 5.97 Å². The van der Waals surface area contributed by atoms with E-state index in [1.165, 1.54) is 7.11 Å². The summed E-state index contributed by atoms with van der Waals surface area (Å²) >= 11 is 0. The summed E-state index contributed by atoms with van der Waals surface area (Å²) in [6, 6.07) is 7.35. The molecule has 0 radical (unpaired) electrons. The molecule has 1 aliphatic carbocycles. The summed E-state index contributed by atoms with van der Waals surface area (Å²) in [6.45, 7) is 2.55. The zero-order chi connectivity index (χ0) is 15.3. The fraction of sp³-hybridized carbons (Fsp3) is 0.588. The number of esters is 1. The smallest absolute Gasteiger partial charge is 0.309 e. The number of carbonyl (C=O) groups is 1. The molecule has 0 unspecified atom stereocenters. The maximum Gasteiger partial charge on any atom is 0.309 e. The van der Waals surface area contributed by atoms with Gasteiger partial charge in [0.25, 0.3) is 0 Å². The number of carbonyl (C=O) groups excluding carboxylic acids is 1.